The van der Waals surface area contributed by atoms with Gasteiger partial charge >= 0.3 is 6.03 Å². The van der Waals surface area contributed by atoms with E-state index in [0.717, 1.165) is 28.9 Å². The molecule has 1 fully saturated rings. The molecule has 1 N–H and O–H groups in total. The van der Waals surface area contributed by atoms with E-state index in [-0.39, 0.29) is 11.6 Å². The summed E-state index contributed by atoms with van der Waals surface area (Å²) in [5, 5.41) is 3.02. The molecule has 134 valence electrons. The van der Waals surface area contributed by atoms with Crippen molar-refractivity contribution in [2.24, 2.45) is 0 Å². The molecule has 1 atom stereocenters. The van der Waals surface area contributed by atoms with Crippen LogP contribution in [0, 0.1) is 13.8 Å². The van der Waals surface area contributed by atoms with Crippen molar-refractivity contribution in [2.45, 2.75) is 39.7 Å². The number of nitrogens with zero attached hydrogens (tertiary/aromatic N) is 2. The van der Waals surface area contributed by atoms with Crippen molar-refractivity contribution in [2.75, 3.05) is 25.0 Å². The summed E-state index contributed by atoms with van der Waals surface area (Å²) in [7, 11) is 0. The van der Waals surface area contributed by atoms with Crippen molar-refractivity contribution < 1.29 is 13.9 Å². The maximum atomic E-state index is 12.7. The Labute approximate surface area is 148 Å². The molecule has 2 aromatic rings. The summed E-state index contributed by atoms with van der Waals surface area (Å²) in [6.07, 6.45) is 2.49. The first kappa shape index (κ1) is 17.5. The number of anilines is 1. The number of hydrogen-bond acceptors (Lipinski definition) is 4. The number of hydrogen-bond donors (Lipinski definition) is 1. The Kier molecular flexibility index (Phi) is 4.81. The average Bonchev–Trinajstić information content (AvgIpc) is 3.03. The summed E-state index contributed by atoms with van der Waals surface area (Å²) < 4.78 is 11.3. The molecule has 0 bridgehead atoms. The van der Waals surface area contributed by atoms with Crippen LogP contribution in [0.4, 0.5) is 10.5 Å². The van der Waals surface area contributed by atoms with E-state index in [0.29, 0.717) is 25.6 Å². The third-order valence-corrected chi connectivity index (χ3v) is 4.72. The van der Waals surface area contributed by atoms with Crippen LogP contribution in [0.15, 0.2) is 28.9 Å². The van der Waals surface area contributed by atoms with Gasteiger partial charge in [0, 0.05) is 17.8 Å². The summed E-state index contributed by atoms with van der Waals surface area (Å²) in [4.78, 5) is 18.9. The molecule has 6 heteroatoms. The van der Waals surface area contributed by atoms with Crippen LogP contribution in [-0.4, -0.2) is 41.2 Å². The zero-order chi connectivity index (χ0) is 18.0. The third kappa shape index (κ3) is 3.85. The van der Waals surface area contributed by atoms with Crippen molar-refractivity contribution in [3.05, 3.63) is 35.7 Å². The van der Waals surface area contributed by atoms with Gasteiger partial charge in [-0.2, -0.15) is 0 Å². The van der Waals surface area contributed by atoms with Crippen molar-refractivity contribution >= 4 is 11.7 Å². The molecule has 1 aromatic carbocycles. The first-order valence-electron chi connectivity index (χ1n) is 8.63. The van der Waals surface area contributed by atoms with Crippen LogP contribution in [-0.2, 0) is 4.74 Å². The molecular formula is C19H25N3O3. The van der Waals surface area contributed by atoms with E-state index in [4.69, 9.17) is 9.15 Å². The largest absolute Gasteiger partial charge is 0.444 e. The van der Waals surface area contributed by atoms with Gasteiger partial charge in [0.2, 0.25) is 5.89 Å². The molecule has 6 nitrogen and oxygen atoms in total. The number of urea groups is 1. The van der Waals surface area contributed by atoms with Gasteiger partial charge < -0.3 is 19.4 Å². The zero-order valence-corrected chi connectivity index (χ0v) is 15.3. The minimum Gasteiger partial charge on any atom is -0.444 e. The van der Waals surface area contributed by atoms with E-state index in [1.165, 1.54) is 0 Å². The van der Waals surface area contributed by atoms with Gasteiger partial charge in [-0.1, -0.05) is 13.0 Å². The van der Waals surface area contributed by atoms with Crippen LogP contribution in [0.5, 0.6) is 0 Å². The SMILES string of the molecule is CC[C@]1(C)CN(C(=O)Nc2cc(-c3nc(C)co3)ccc2C)CCO1. The van der Waals surface area contributed by atoms with Crippen LogP contribution in [0.25, 0.3) is 11.5 Å². The Morgan fingerprint density at radius 3 is 2.88 bits per heavy atom. The summed E-state index contributed by atoms with van der Waals surface area (Å²) in [6.45, 7) is 9.72. The molecule has 1 aliphatic heterocycles. The third-order valence-electron chi connectivity index (χ3n) is 4.72. The molecule has 0 unspecified atom stereocenters. The predicted octanol–water partition coefficient (Wildman–Crippen LogP) is 3.99. The van der Waals surface area contributed by atoms with Crippen molar-refractivity contribution in [1.29, 1.82) is 0 Å². The van der Waals surface area contributed by atoms with Crippen LogP contribution in [0.1, 0.15) is 31.5 Å². The van der Waals surface area contributed by atoms with E-state index < -0.39 is 0 Å². The number of rotatable bonds is 3. The molecule has 0 saturated carbocycles. The quantitative estimate of drug-likeness (QED) is 0.915. The lowest BCUT2D eigenvalue weighted by Crippen LogP contribution is -2.53. The summed E-state index contributed by atoms with van der Waals surface area (Å²) in [5.74, 6) is 0.554. The summed E-state index contributed by atoms with van der Waals surface area (Å²) >= 11 is 0. The molecule has 1 aromatic heterocycles. The molecule has 0 spiro atoms. The number of carbonyl (C=O) groups excluding carboxylic acids is 1. The van der Waals surface area contributed by atoms with E-state index in [2.05, 4.69) is 17.2 Å². The second-order valence-electron chi connectivity index (χ2n) is 6.83. The van der Waals surface area contributed by atoms with Gasteiger partial charge in [0.25, 0.3) is 0 Å². The highest BCUT2D eigenvalue weighted by atomic mass is 16.5. The van der Waals surface area contributed by atoms with Gasteiger partial charge in [0.1, 0.15) is 6.26 Å². The number of amides is 2. The van der Waals surface area contributed by atoms with Crippen molar-refractivity contribution in [3.63, 3.8) is 0 Å². The van der Waals surface area contributed by atoms with Crippen LogP contribution in [0.3, 0.4) is 0 Å². The maximum absolute atomic E-state index is 12.7. The number of morpholine rings is 1. The number of benzene rings is 1. The lowest BCUT2D eigenvalue weighted by Gasteiger charge is -2.40. The second-order valence-corrected chi connectivity index (χ2v) is 6.83. The van der Waals surface area contributed by atoms with Crippen LogP contribution >= 0.6 is 0 Å². The van der Waals surface area contributed by atoms with E-state index in [1.807, 2.05) is 43.9 Å². The standard InChI is InChI=1S/C19H25N3O3/c1-5-19(4)12-22(8-9-25-19)18(23)21-16-10-15(7-6-13(16)2)17-20-14(3)11-24-17/h6-7,10-11H,5,8-9,12H2,1-4H3,(H,21,23)/t19-/m1/s1. The van der Waals surface area contributed by atoms with Crippen molar-refractivity contribution in [1.82, 2.24) is 9.88 Å². The average molecular weight is 343 g/mol. The highest BCUT2D eigenvalue weighted by Gasteiger charge is 2.32. The minimum absolute atomic E-state index is 0.105. The van der Waals surface area contributed by atoms with E-state index in [1.54, 1.807) is 6.26 Å². The first-order valence-corrected chi connectivity index (χ1v) is 8.63. The maximum Gasteiger partial charge on any atom is 0.322 e. The van der Waals surface area contributed by atoms with E-state index >= 15 is 0 Å². The fourth-order valence-corrected chi connectivity index (χ4v) is 2.89. The van der Waals surface area contributed by atoms with Gasteiger partial charge in [-0.25, -0.2) is 9.78 Å². The topological polar surface area (TPSA) is 67.6 Å². The number of oxazole rings is 1. The zero-order valence-electron chi connectivity index (χ0n) is 15.3. The summed E-state index contributed by atoms with van der Waals surface area (Å²) in [6, 6.07) is 5.70. The number of aromatic nitrogens is 1. The molecule has 2 amide bonds. The van der Waals surface area contributed by atoms with E-state index in [9.17, 15) is 4.79 Å². The Balaban J connectivity index is 1.77. The van der Waals surface area contributed by atoms with Gasteiger partial charge in [0.15, 0.2) is 0 Å². The molecule has 25 heavy (non-hydrogen) atoms. The Hall–Kier alpha value is -2.34. The highest BCUT2D eigenvalue weighted by Crippen LogP contribution is 2.26. The van der Waals surface area contributed by atoms with Gasteiger partial charge in [-0.3, -0.25) is 0 Å². The smallest absolute Gasteiger partial charge is 0.322 e. The monoisotopic (exact) mass is 343 g/mol. The number of ether oxygens (including phenoxy) is 1. The molecule has 0 radical (unpaired) electrons. The predicted molar refractivity (Wildman–Crippen MR) is 96.7 cm³/mol. The number of aryl methyl sites for hydroxylation is 2. The molecule has 1 aliphatic rings. The van der Waals surface area contributed by atoms with Gasteiger partial charge in [-0.15, -0.1) is 0 Å². The summed E-state index contributed by atoms with van der Waals surface area (Å²) in [5.41, 5.74) is 3.15. The molecule has 0 aliphatic carbocycles. The normalized spacial score (nSPS) is 20.6. The fourth-order valence-electron chi connectivity index (χ4n) is 2.89. The number of carbonyl (C=O) groups is 1. The lowest BCUT2D eigenvalue weighted by atomic mass is 10.0. The van der Waals surface area contributed by atoms with Crippen LogP contribution < -0.4 is 5.32 Å². The van der Waals surface area contributed by atoms with Gasteiger partial charge in [0.05, 0.1) is 24.4 Å². The Bertz CT molecular complexity index is 771. The van der Waals surface area contributed by atoms with Crippen molar-refractivity contribution in [3.8, 4) is 11.5 Å². The van der Waals surface area contributed by atoms with Crippen LogP contribution in [0.2, 0.25) is 0 Å². The molecule has 2 heterocycles. The molecule has 3 rings (SSSR count). The Morgan fingerprint density at radius 2 is 2.20 bits per heavy atom. The number of nitrogens with one attached hydrogen (secondary N) is 1. The lowest BCUT2D eigenvalue weighted by molar-refractivity contribution is -0.0860. The molecular weight excluding hydrogens is 318 g/mol. The fraction of sp³-hybridized carbons (Fsp3) is 0.474. The first-order chi connectivity index (χ1) is 11.9. The second kappa shape index (κ2) is 6.88. The Morgan fingerprint density at radius 1 is 1.40 bits per heavy atom. The van der Waals surface area contributed by atoms with Gasteiger partial charge in [-0.05, 0) is 44.9 Å². The molecule has 1 saturated heterocycles. The highest BCUT2D eigenvalue weighted by molar-refractivity contribution is 5.91. The minimum atomic E-state index is -0.276.